The summed E-state index contributed by atoms with van der Waals surface area (Å²) in [4.78, 5) is 2.25. The van der Waals surface area contributed by atoms with E-state index in [9.17, 15) is 0 Å². The van der Waals surface area contributed by atoms with E-state index in [4.69, 9.17) is 0 Å². The van der Waals surface area contributed by atoms with Crippen molar-refractivity contribution in [3.8, 4) is 11.1 Å². The van der Waals surface area contributed by atoms with Crippen molar-refractivity contribution in [2.24, 2.45) is 0 Å². The van der Waals surface area contributed by atoms with Gasteiger partial charge in [0, 0.05) is 0 Å². The molecule has 0 amide bonds. The van der Waals surface area contributed by atoms with Crippen molar-refractivity contribution in [2.75, 3.05) is 14.1 Å². The van der Waals surface area contributed by atoms with Crippen LogP contribution in [0.5, 0.6) is 0 Å². The number of halogens is 1. The van der Waals surface area contributed by atoms with Gasteiger partial charge in [0.15, 0.2) is 0 Å². The van der Waals surface area contributed by atoms with E-state index in [0.29, 0.717) is 0 Å². The molecule has 0 fully saturated rings. The summed E-state index contributed by atoms with van der Waals surface area (Å²) in [6.07, 6.45) is 0. The summed E-state index contributed by atoms with van der Waals surface area (Å²) in [5.74, 6) is 0. The third-order valence-corrected chi connectivity index (χ3v) is 5.53. The second-order valence-corrected chi connectivity index (χ2v) is 6.76. The Labute approximate surface area is 123 Å². The molecule has 2 heteroatoms. The van der Waals surface area contributed by atoms with E-state index < -0.39 is 0 Å². The molecule has 0 aromatic heterocycles. The molecule has 19 heavy (non-hydrogen) atoms. The van der Waals surface area contributed by atoms with Crippen molar-refractivity contribution in [1.29, 1.82) is 0 Å². The monoisotopic (exact) mass is 315 g/mol. The largest absolute Gasteiger partial charge is 0.287 e. The fourth-order valence-electron chi connectivity index (χ4n) is 2.96. The summed E-state index contributed by atoms with van der Waals surface area (Å²) in [5, 5.41) is 0. The van der Waals surface area contributed by atoms with Crippen LogP contribution in [0, 0.1) is 13.8 Å². The Morgan fingerprint density at radius 3 is 1.63 bits per heavy atom. The summed E-state index contributed by atoms with van der Waals surface area (Å²) in [6, 6.07) is 13.4. The fourth-order valence-corrected chi connectivity index (χ4v) is 3.62. The van der Waals surface area contributed by atoms with E-state index in [1.165, 1.54) is 33.4 Å². The van der Waals surface area contributed by atoms with Crippen LogP contribution in [0.25, 0.3) is 11.1 Å². The average Bonchev–Trinajstić information content (AvgIpc) is 2.60. The van der Waals surface area contributed by atoms with Gasteiger partial charge < -0.3 is 0 Å². The zero-order valence-corrected chi connectivity index (χ0v) is 13.4. The minimum absolute atomic E-state index is 0.213. The fraction of sp³-hybridized carbons (Fsp3) is 0.294. The molecular formula is C17H18BrN. The van der Waals surface area contributed by atoms with Gasteiger partial charge >= 0.3 is 0 Å². The van der Waals surface area contributed by atoms with Gasteiger partial charge in [0.2, 0.25) is 0 Å². The van der Waals surface area contributed by atoms with Gasteiger partial charge in [0.25, 0.3) is 0 Å². The van der Waals surface area contributed by atoms with E-state index in [0.717, 1.165) is 0 Å². The highest BCUT2D eigenvalue weighted by Gasteiger charge is 2.43. The molecule has 0 N–H and O–H groups in total. The van der Waals surface area contributed by atoms with Crippen molar-refractivity contribution in [3.63, 3.8) is 0 Å². The first-order valence-corrected chi connectivity index (χ1v) is 7.33. The Balaban J connectivity index is 2.39. The predicted molar refractivity (Wildman–Crippen MR) is 84.7 cm³/mol. The normalized spacial score (nSPS) is 15.5. The quantitative estimate of drug-likeness (QED) is 0.555. The van der Waals surface area contributed by atoms with Crippen LogP contribution in [0.15, 0.2) is 36.4 Å². The Hall–Kier alpha value is -1.12. The second-order valence-electron chi connectivity index (χ2n) is 5.61. The lowest BCUT2D eigenvalue weighted by Gasteiger charge is -2.33. The molecule has 0 aliphatic heterocycles. The van der Waals surface area contributed by atoms with Crippen LogP contribution >= 0.6 is 15.9 Å². The maximum atomic E-state index is 4.00. The van der Waals surface area contributed by atoms with Crippen molar-refractivity contribution in [3.05, 3.63) is 58.7 Å². The van der Waals surface area contributed by atoms with E-state index in [1.54, 1.807) is 0 Å². The predicted octanol–water partition coefficient (Wildman–Crippen LogP) is 4.44. The highest BCUT2D eigenvalue weighted by atomic mass is 79.9. The lowest BCUT2D eigenvalue weighted by atomic mass is 10.0. The molecule has 1 nitrogen and oxygen atoms in total. The first kappa shape index (κ1) is 12.9. The first-order chi connectivity index (χ1) is 8.94. The average molecular weight is 316 g/mol. The highest BCUT2D eigenvalue weighted by molar-refractivity contribution is 9.09. The van der Waals surface area contributed by atoms with Crippen LogP contribution < -0.4 is 0 Å². The van der Waals surface area contributed by atoms with Gasteiger partial charge in [-0.15, -0.1) is 0 Å². The van der Waals surface area contributed by atoms with Crippen LogP contribution in [-0.4, -0.2) is 19.0 Å². The number of benzene rings is 2. The molecule has 0 radical (unpaired) electrons. The zero-order chi connectivity index (χ0) is 13.8. The molecule has 0 atom stereocenters. The summed E-state index contributed by atoms with van der Waals surface area (Å²) in [5.41, 5.74) is 7.97. The number of alkyl halides is 1. The van der Waals surface area contributed by atoms with Crippen LogP contribution in [0.3, 0.4) is 0 Å². The number of fused-ring (bicyclic) bond motifs is 3. The highest BCUT2D eigenvalue weighted by Crippen LogP contribution is 2.53. The van der Waals surface area contributed by atoms with E-state index in [2.05, 4.69) is 85.2 Å². The summed E-state index contributed by atoms with van der Waals surface area (Å²) in [6.45, 7) is 4.30. The topological polar surface area (TPSA) is 3.24 Å². The summed E-state index contributed by atoms with van der Waals surface area (Å²) >= 11 is 4.00. The SMILES string of the molecule is Cc1ccc2c(c1)C(Br)(N(C)C)c1cc(C)ccc1-2. The third-order valence-electron chi connectivity index (χ3n) is 3.97. The zero-order valence-electron chi connectivity index (χ0n) is 11.8. The van der Waals surface area contributed by atoms with Crippen molar-refractivity contribution >= 4 is 15.9 Å². The van der Waals surface area contributed by atoms with E-state index >= 15 is 0 Å². The number of nitrogens with zero attached hydrogens (tertiary/aromatic N) is 1. The van der Waals surface area contributed by atoms with Crippen LogP contribution in [-0.2, 0) is 4.45 Å². The van der Waals surface area contributed by atoms with E-state index in [1.807, 2.05) is 0 Å². The maximum Gasteiger partial charge on any atom is 0.129 e. The third kappa shape index (κ3) is 1.70. The first-order valence-electron chi connectivity index (χ1n) is 6.53. The lowest BCUT2D eigenvalue weighted by molar-refractivity contribution is 0.318. The summed E-state index contributed by atoms with van der Waals surface area (Å²) in [7, 11) is 4.25. The Kier molecular flexibility index (Phi) is 2.84. The molecule has 1 aliphatic carbocycles. The van der Waals surface area contributed by atoms with Gasteiger partial charge in [0.1, 0.15) is 4.45 Å². The molecule has 2 aromatic rings. The number of rotatable bonds is 1. The number of hydrogen-bond acceptors (Lipinski definition) is 1. The van der Waals surface area contributed by atoms with Gasteiger partial charge in [-0.05, 0) is 50.2 Å². The summed E-state index contributed by atoms with van der Waals surface area (Å²) < 4.78 is -0.213. The maximum absolute atomic E-state index is 4.00. The molecule has 0 bridgehead atoms. The standard InChI is InChI=1S/C17H18BrN/c1-11-5-7-13-14-8-6-12(2)10-16(14)17(18,19(3)4)15(13)9-11/h5-10H,1-4H3. The van der Waals surface area contributed by atoms with Gasteiger partial charge in [-0.2, -0.15) is 0 Å². The Morgan fingerprint density at radius 1 is 0.842 bits per heavy atom. The molecule has 98 valence electrons. The van der Waals surface area contributed by atoms with Gasteiger partial charge in [-0.25, -0.2) is 0 Å². The molecular weight excluding hydrogens is 298 g/mol. The van der Waals surface area contributed by atoms with Gasteiger partial charge in [-0.3, -0.25) is 4.90 Å². The van der Waals surface area contributed by atoms with E-state index in [-0.39, 0.29) is 4.45 Å². The molecule has 0 saturated carbocycles. The van der Waals surface area contributed by atoms with Gasteiger partial charge in [-0.1, -0.05) is 63.5 Å². The smallest absolute Gasteiger partial charge is 0.129 e. The molecule has 0 heterocycles. The number of aryl methyl sites for hydroxylation is 2. The van der Waals surface area contributed by atoms with Crippen LogP contribution in [0.4, 0.5) is 0 Å². The van der Waals surface area contributed by atoms with Crippen molar-refractivity contribution in [1.82, 2.24) is 4.90 Å². The minimum Gasteiger partial charge on any atom is -0.287 e. The molecule has 0 spiro atoms. The lowest BCUT2D eigenvalue weighted by Crippen LogP contribution is -2.34. The molecule has 0 unspecified atom stereocenters. The second kappa shape index (κ2) is 4.19. The molecule has 1 aliphatic rings. The Morgan fingerprint density at radius 2 is 1.26 bits per heavy atom. The van der Waals surface area contributed by atoms with Crippen LogP contribution in [0.2, 0.25) is 0 Å². The van der Waals surface area contributed by atoms with Crippen molar-refractivity contribution < 1.29 is 0 Å². The molecule has 2 aromatic carbocycles. The molecule has 0 saturated heterocycles. The van der Waals surface area contributed by atoms with Gasteiger partial charge in [0.05, 0.1) is 0 Å². The Bertz CT molecular complexity index is 607. The van der Waals surface area contributed by atoms with Crippen LogP contribution in [0.1, 0.15) is 22.3 Å². The van der Waals surface area contributed by atoms with Crippen molar-refractivity contribution in [2.45, 2.75) is 18.3 Å². The minimum atomic E-state index is -0.213. The molecule has 3 rings (SSSR count). The number of hydrogen-bond donors (Lipinski definition) is 0.